The Morgan fingerprint density at radius 2 is 1.97 bits per heavy atom. The molecule has 2 heterocycles. The lowest BCUT2D eigenvalue weighted by atomic mass is 9.94. The zero-order valence-electron chi connectivity index (χ0n) is 17.5. The number of aromatic nitrogens is 1. The molecule has 2 aromatic rings. The van der Waals surface area contributed by atoms with Crippen LogP contribution in [0.15, 0.2) is 28.5 Å². The highest BCUT2D eigenvalue weighted by molar-refractivity contribution is 7.90. The number of benzene rings is 1. The first-order chi connectivity index (χ1) is 14.0. The Balaban J connectivity index is 1.71. The zero-order valence-corrected chi connectivity index (χ0v) is 19.1. The van der Waals surface area contributed by atoms with Crippen molar-refractivity contribution in [2.75, 3.05) is 19.3 Å². The molecule has 1 saturated heterocycles. The number of hydrogen-bond acceptors (Lipinski definition) is 7. The quantitative estimate of drug-likeness (QED) is 0.699. The maximum Gasteiger partial charge on any atom is 0.410 e. The van der Waals surface area contributed by atoms with E-state index in [0.29, 0.717) is 13.1 Å². The van der Waals surface area contributed by atoms with Gasteiger partial charge in [0.1, 0.15) is 16.7 Å². The maximum atomic E-state index is 12.2. The van der Waals surface area contributed by atoms with Gasteiger partial charge >= 0.3 is 6.09 Å². The summed E-state index contributed by atoms with van der Waals surface area (Å²) in [4.78, 5) is 18.7. The summed E-state index contributed by atoms with van der Waals surface area (Å²) in [6.07, 6.45) is 2.42. The normalized spacial score (nSPS) is 15.6. The Bertz CT molecular complexity index is 1090. The van der Waals surface area contributed by atoms with Gasteiger partial charge in [-0.2, -0.15) is 5.26 Å². The molecular weight excluding hydrogens is 422 g/mol. The van der Waals surface area contributed by atoms with E-state index < -0.39 is 15.4 Å². The summed E-state index contributed by atoms with van der Waals surface area (Å²) < 4.78 is 29.1. The van der Waals surface area contributed by atoms with Gasteiger partial charge in [0.05, 0.1) is 16.2 Å². The second-order valence-corrected chi connectivity index (χ2v) is 11.3. The van der Waals surface area contributed by atoms with E-state index in [0.717, 1.165) is 35.4 Å². The van der Waals surface area contributed by atoms with Gasteiger partial charge in [-0.05, 0) is 45.7 Å². The third-order valence-corrected chi connectivity index (χ3v) is 6.90. The summed E-state index contributed by atoms with van der Waals surface area (Å²) in [5.74, 6) is 0.249. The second kappa shape index (κ2) is 8.36. The van der Waals surface area contributed by atoms with Gasteiger partial charge in [0.25, 0.3) is 0 Å². The summed E-state index contributed by atoms with van der Waals surface area (Å²) in [5, 5.41) is 12.1. The van der Waals surface area contributed by atoms with Gasteiger partial charge in [-0.15, -0.1) is 11.3 Å². The largest absolute Gasteiger partial charge is 0.444 e. The molecule has 0 radical (unpaired) electrons. The van der Waals surface area contributed by atoms with E-state index in [2.05, 4.69) is 0 Å². The van der Waals surface area contributed by atoms with Gasteiger partial charge in [-0.25, -0.2) is 18.2 Å². The van der Waals surface area contributed by atoms with Crippen LogP contribution in [0.4, 0.5) is 4.79 Å². The first-order valence-electron chi connectivity index (χ1n) is 9.66. The van der Waals surface area contributed by atoms with Crippen molar-refractivity contribution >= 4 is 27.3 Å². The van der Waals surface area contributed by atoms with Crippen LogP contribution in [0.1, 0.15) is 50.8 Å². The smallest absolute Gasteiger partial charge is 0.410 e. The van der Waals surface area contributed by atoms with Crippen molar-refractivity contribution < 1.29 is 17.9 Å². The Kier molecular flexibility index (Phi) is 6.20. The summed E-state index contributed by atoms with van der Waals surface area (Å²) in [7, 11) is -3.46. The number of ether oxygens (including phenoxy) is 1. The fourth-order valence-electron chi connectivity index (χ4n) is 3.36. The lowest BCUT2D eigenvalue weighted by molar-refractivity contribution is 0.0204. The van der Waals surface area contributed by atoms with Gasteiger partial charge in [-0.1, -0.05) is 6.07 Å². The summed E-state index contributed by atoms with van der Waals surface area (Å²) >= 11 is 1.47. The fourth-order valence-corrected chi connectivity index (χ4v) is 5.08. The Hall–Kier alpha value is -2.44. The van der Waals surface area contributed by atoms with Crippen LogP contribution in [0.2, 0.25) is 0 Å². The van der Waals surface area contributed by atoms with E-state index in [1.807, 2.05) is 32.2 Å². The minimum atomic E-state index is -3.46. The van der Waals surface area contributed by atoms with Crippen molar-refractivity contribution in [3.63, 3.8) is 0 Å². The number of thiazole rings is 1. The highest BCUT2D eigenvalue weighted by Crippen LogP contribution is 2.33. The minimum Gasteiger partial charge on any atom is -0.444 e. The van der Waals surface area contributed by atoms with Gasteiger partial charge in [0, 0.05) is 36.2 Å². The van der Waals surface area contributed by atoms with Crippen molar-refractivity contribution in [1.82, 2.24) is 9.88 Å². The van der Waals surface area contributed by atoms with Crippen LogP contribution in [-0.2, 0) is 14.6 Å². The van der Waals surface area contributed by atoms with Gasteiger partial charge in [0.15, 0.2) is 9.84 Å². The standard InChI is InChI=1S/C21H25N3O4S2/c1-21(2,3)28-20(25)24-9-7-14(8-10-24)17-13-29-19(23-17)15-5-6-18(30(4,26)27)16(11-15)12-22/h5-6,11,13-14H,7-10H2,1-4H3. The fraction of sp³-hybridized carbons (Fsp3) is 0.476. The molecule has 0 bridgehead atoms. The number of piperidine rings is 1. The molecule has 1 aliphatic heterocycles. The number of rotatable bonds is 3. The van der Waals surface area contributed by atoms with Crippen molar-refractivity contribution in [2.45, 2.75) is 50.0 Å². The van der Waals surface area contributed by atoms with Crippen LogP contribution in [-0.4, -0.2) is 49.3 Å². The van der Waals surface area contributed by atoms with Crippen LogP contribution in [0, 0.1) is 11.3 Å². The lowest BCUT2D eigenvalue weighted by Gasteiger charge is -2.32. The summed E-state index contributed by atoms with van der Waals surface area (Å²) in [5.41, 5.74) is 1.30. The third-order valence-electron chi connectivity index (χ3n) is 4.83. The topological polar surface area (TPSA) is 100 Å². The van der Waals surface area contributed by atoms with Crippen LogP contribution < -0.4 is 0 Å². The first kappa shape index (κ1) is 22.2. The molecule has 1 amide bonds. The molecular formula is C21H25N3O4S2. The van der Waals surface area contributed by atoms with Crippen LogP contribution in [0.25, 0.3) is 10.6 Å². The molecule has 0 unspecified atom stereocenters. The van der Waals surface area contributed by atoms with Crippen LogP contribution in [0.5, 0.6) is 0 Å². The Morgan fingerprint density at radius 1 is 1.30 bits per heavy atom. The number of sulfone groups is 1. The molecule has 30 heavy (non-hydrogen) atoms. The molecule has 9 heteroatoms. The number of carbonyl (C=O) groups is 1. The molecule has 1 aromatic heterocycles. The number of hydrogen-bond donors (Lipinski definition) is 0. The van der Waals surface area contributed by atoms with Crippen LogP contribution in [0.3, 0.4) is 0 Å². The predicted molar refractivity (Wildman–Crippen MR) is 115 cm³/mol. The van der Waals surface area contributed by atoms with E-state index in [-0.39, 0.29) is 22.5 Å². The van der Waals surface area contributed by atoms with Gasteiger partial charge in [0.2, 0.25) is 0 Å². The molecule has 0 aliphatic carbocycles. The third kappa shape index (κ3) is 5.18. The van der Waals surface area contributed by atoms with E-state index in [1.165, 1.54) is 17.4 Å². The van der Waals surface area contributed by atoms with Gasteiger partial charge in [-0.3, -0.25) is 0 Å². The Labute approximate surface area is 181 Å². The van der Waals surface area contributed by atoms with Crippen molar-refractivity contribution in [3.05, 3.63) is 34.8 Å². The van der Waals surface area contributed by atoms with E-state index in [9.17, 15) is 18.5 Å². The molecule has 1 fully saturated rings. The van der Waals surface area contributed by atoms with E-state index in [1.54, 1.807) is 17.0 Å². The molecule has 160 valence electrons. The highest BCUT2D eigenvalue weighted by Gasteiger charge is 2.28. The van der Waals surface area contributed by atoms with E-state index in [4.69, 9.17) is 9.72 Å². The SMILES string of the molecule is CC(C)(C)OC(=O)N1CCC(c2csc(-c3ccc(S(C)(=O)=O)c(C#N)c3)n2)CC1. The minimum absolute atomic E-state index is 0.0278. The monoisotopic (exact) mass is 447 g/mol. The number of amides is 1. The molecule has 0 atom stereocenters. The summed E-state index contributed by atoms with van der Waals surface area (Å²) in [6.45, 7) is 6.81. The molecule has 7 nitrogen and oxygen atoms in total. The van der Waals surface area contributed by atoms with Crippen molar-refractivity contribution in [3.8, 4) is 16.6 Å². The van der Waals surface area contributed by atoms with E-state index >= 15 is 0 Å². The molecule has 0 saturated carbocycles. The first-order valence-corrected chi connectivity index (χ1v) is 12.4. The number of likely N-dealkylation sites (tertiary alicyclic amines) is 1. The molecule has 0 N–H and O–H groups in total. The predicted octanol–water partition coefficient (Wildman–Crippen LogP) is 4.20. The average molecular weight is 448 g/mol. The number of carbonyl (C=O) groups excluding carboxylic acids is 1. The van der Waals surface area contributed by atoms with Crippen LogP contribution >= 0.6 is 11.3 Å². The number of nitrogens with zero attached hydrogens (tertiary/aromatic N) is 3. The van der Waals surface area contributed by atoms with Crippen molar-refractivity contribution in [1.29, 1.82) is 5.26 Å². The maximum absolute atomic E-state index is 12.2. The Morgan fingerprint density at radius 3 is 2.53 bits per heavy atom. The van der Waals surface area contributed by atoms with Gasteiger partial charge < -0.3 is 9.64 Å². The average Bonchev–Trinajstić information content (AvgIpc) is 3.15. The molecule has 1 aliphatic rings. The second-order valence-electron chi connectivity index (χ2n) is 8.41. The number of nitriles is 1. The highest BCUT2D eigenvalue weighted by atomic mass is 32.2. The molecule has 0 spiro atoms. The molecule has 1 aromatic carbocycles. The van der Waals surface area contributed by atoms with Crippen molar-refractivity contribution in [2.24, 2.45) is 0 Å². The summed E-state index contributed by atoms with van der Waals surface area (Å²) in [6, 6.07) is 6.68. The molecule has 3 rings (SSSR count). The lowest BCUT2D eigenvalue weighted by Crippen LogP contribution is -2.41. The zero-order chi connectivity index (χ0) is 22.1.